The van der Waals surface area contributed by atoms with Crippen LogP contribution >= 0.6 is 48.9 Å². The molecular formula is C16H29BI3NO8. The molecule has 0 aromatic rings. The van der Waals surface area contributed by atoms with Gasteiger partial charge < -0.3 is 14.6 Å². The number of Topliss-reactive ketones (excluding diaryl/α,β-unsaturated/α-hetero) is 2. The van der Waals surface area contributed by atoms with Crippen LogP contribution in [0.25, 0.3) is 0 Å². The summed E-state index contributed by atoms with van der Waals surface area (Å²) in [5.41, 5.74) is 6.50. The normalized spacial score (nSPS) is 20.0. The van der Waals surface area contributed by atoms with Gasteiger partial charge in [0.2, 0.25) is 5.79 Å². The topological polar surface area (TPSA) is 139 Å². The molecule has 1 rings (SSSR count). The third-order valence-electron chi connectivity index (χ3n) is 3.58. The molecule has 1 aliphatic rings. The summed E-state index contributed by atoms with van der Waals surface area (Å²) in [6.45, 7) is 9.07. The Morgan fingerprint density at radius 1 is 1.21 bits per heavy atom. The number of cyclic esters (lactones) is 1. The second-order valence-corrected chi connectivity index (χ2v) is 29.8. The van der Waals surface area contributed by atoms with E-state index in [1.54, 1.807) is 20.8 Å². The minimum absolute atomic E-state index is 0. The average Bonchev–Trinajstić information content (AvgIpc) is 2.84. The molecule has 0 aromatic carbocycles. The molecule has 29 heavy (non-hydrogen) atoms. The number of hydrogen-bond donors (Lipinski definition) is 3. The Kier molecular flexibility index (Phi) is 18.9. The first-order valence-electron chi connectivity index (χ1n) is 7.88. The van der Waals surface area contributed by atoms with E-state index < -0.39 is 53.4 Å². The number of nitrogens with one attached hydrogen (secondary N) is 1. The number of halogens is 3. The third kappa shape index (κ3) is 15.0. The number of esters is 1. The Morgan fingerprint density at radius 3 is 1.86 bits per heavy atom. The van der Waals surface area contributed by atoms with Crippen molar-refractivity contribution >= 4 is 78.0 Å². The summed E-state index contributed by atoms with van der Waals surface area (Å²) >= 11 is 3.71. The van der Waals surface area contributed by atoms with Gasteiger partial charge in [0.15, 0.2) is 6.10 Å². The second-order valence-electron chi connectivity index (χ2n) is 6.30. The predicted octanol–water partition coefficient (Wildman–Crippen LogP) is 2.88. The number of hydrogen-bond acceptors (Lipinski definition) is 8. The van der Waals surface area contributed by atoms with Gasteiger partial charge >= 0.3 is 60.6 Å². The van der Waals surface area contributed by atoms with Crippen molar-refractivity contribution in [3.05, 3.63) is 0 Å². The van der Waals surface area contributed by atoms with Crippen LogP contribution in [0.15, 0.2) is 0 Å². The average molecular weight is 755 g/mol. The second kappa shape index (κ2) is 16.1. The number of carbonyl (C=O) groups excluding carboxylic acids is 4. The standard InChI is InChI=1S/C9H14O4.C6H11NO4.CH4.BI3/c1-5(6(2)10)7-8(11)13-9(3,4)12-7;1-3(4(2)8)5(9)6(10)7-11;;1-4(2)3/h5,7H,1-4H3;3,5,9,11H,1-2H3,(H,7,10);1H4;. The first-order chi connectivity index (χ1) is 12.6. The Balaban J connectivity index is -0.000000387. The van der Waals surface area contributed by atoms with Crippen molar-refractivity contribution in [2.75, 3.05) is 0 Å². The molecule has 0 aliphatic carbocycles. The molecule has 170 valence electrons. The van der Waals surface area contributed by atoms with Gasteiger partial charge in [-0.3, -0.25) is 19.6 Å². The fourth-order valence-corrected chi connectivity index (χ4v) is 1.71. The number of amides is 1. The van der Waals surface area contributed by atoms with E-state index in [0.717, 1.165) is 0 Å². The quantitative estimate of drug-likeness (QED) is 0.128. The van der Waals surface area contributed by atoms with Gasteiger partial charge in [0.05, 0.1) is 5.92 Å². The van der Waals surface area contributed by atoms with Crippen molar-refractivity contribution in [3.8, 4) is 0 Å². The Morgan fingerprint density at radius 2 is 1.62 bits per heavy atom. The van der Waals surface area contributed by atoms with Gasteiger partial charge in [-0.1, -0.05) is 21.3 Å². The van der Waals surface area contributed by atoms with Gasteiger partial charge in [0, 0.05) is 19.8 Å². The van der Waals surface area contributed by atoms with Crippen molar-refractivity contribution in [2.45, 2.75) is 67.0 Å². The summed E-state index contributed by atoms with van der Waals surface area (Å²) in [4.78, 5) is 43.3. The van der Waals surface area contributed by atoms with E-state index >= 15 is 0 Å². The van der Waals surface area contributed by atoms with E-state index in [2.05, 4.69) is 37.2 Å². The number of ether oxygens (including phenoxy) is 2. The van der Waals surface area contributed by atoms with E-state index in [9.17, 15) is 19.2 Å². The zero-order valence-corrected chi connectivity index (χ0v) is 22.8. The van der Waals surface area contributed by atoms with Crippen molar-refractivity contribution < 1.29 is 39.0 Å². The SMILES string of the molecule is C.CC(=O)C(C)C(O)C(=O)NO.CC(=O)C(C)C1OC(C)(C)OC1=O.[B]I(I)I. The number of hydroxylamine groups is 1. The molecular weight excluding hydrogens is 726 g/mol. The first-order valence-corrected chi connectivity index (χ1v) is 21.7. The molecule has 1 aliphatic heterocycles. The zero-order chi connectivity index (χ0) is 22.8. The molecule has 3 N–H and O–H groups in total. The monoisotopic (exact) mass is 755 g/mol. The van der Waals surface area contributed by atoms with Crippen LogP contribution in [0.2, 0.25) is 0 Å². The van der Waals surface area contributed by atoms with E-state index in [-0.39, 0.29) is 19.0 Å². The molecule has 1 saturated heterocycles. The van der Waals surface area contributed by atoms with Crippen LogP contribution in [-0.4, -0.2) is 57.5 Å². The van der Waals surface area contributed by atoms with Crippen LogP contribution in [-0.2, 0) is 28.7 Å². The van der Waals surface area contributed by atoms with Crippen LogP contribution in [0.5, 0.6) is 0 Å². The molecule has 2 radical (unpaired) electrons. The van der Waals surface area contributed by atoms with Crippen molar-refractivity contribution in [1.29, 1.82) is 0 Å². The van der Waals surface area contributed by atoms with Gasteiger partial charge in [-0.15, -0.1) is 0 Å². The molecule has 1 amide bonds. The van der Waals surface area contributed by atoms with E-state index in [1.807, 2.05) is 0 Å². The summed E-state index contributed by atoms with van der Waals surface area (Å²) < 4.78 is 10.2. The Labute approximate surface area is 199 Å². The zero-order valence-electron chi connectivity index (χ0n) is 16.4. The molecule has 4 atom stereocenters. The van der Waals surface area contributed by atoms with Gasteiger partial charge in [-0.25, -0.2) is 10.3 Å². The van der Waals surface area contributed by atoms with Gasteiger partial charge in [-0.2, -0.15) is 0 Å². The summed E-state index contributed by atoms with van der Waals surface area (Å²) in [5, 5.41) is 17.0. The van der Waals surface area contributed by atoms with Crippen molar-refractivity contribution in [1.82, 2.24) is 5.48 Å². The van der Waals surface area contributed by atoms with E-state index in [1.165, 1.54) is 26.3 Å². The van der Waals surface area contributed by atoms with Crippen LogP contribution in [0.3, 0.4) is 0 Å². The van der Waals surface area contributed by atoms with E-state index in [4.69, 9.17) is 25.5 Å². The molecule has 1 heterocycles. The first kappa shape index (κ1) is 34.0. The fourth-order valence-electron chi connectivity index (χ4n) is 1.71. The summed E-state index contributed by atoms with van der Waals surface area (Å²) in [6.07, 6.45) is -2.22. The maximum absolute atomic E-state index is 11.2. The summed E-state index contributed by atoms with van der Waals surface area (Å²) in [7, 11) is 0. The van der Waals surface area contributed by atoms with E-state index in [0.29, 0.717) is 0 Å². The molecule has 0 aromatic heterocycles. The van der Waals surface area contributed by atoms with Crippen LogP contribution in [0.1, 0.15) is 49.0 Å². The number of ketones is 2. The molecule has 0 bridgehead atoms. The van der Waals surface area contributed by atoms with Crippen LogP contribution < -0.4 is 5.48 Å². The Hall–Kier alpha value is 0.415. The number of aliphatic hydroxyl groups is 1. The molecule has 4 unspecified atom stereocenters. The predicted molar refractivity (Wildman–Crippen MR) is 135 cm³/mol. The number of rotatable bonds is 5. The van der Waals surface area contributed by atoms with Crippen LogP contribution in [0.4, 0.5) is 0 Å². The molecule has 0 spiro atoms. The molecule has 13 heteroatoms. The van der Waals surface area contributed by atoms with Gasteiger partial charge in [0.25, 0.3) is 5.91 Å². The molecule has 9 nitrogen and oxygen atoms in total. The Bertz CT molecular complexity index is 560. The summed E-state index contributed by atoms with van der Waals surface area (Å²) in [5.74, 6) is -3.91. The molecule has 0 saturated carbocycles. The number of aliphatic hydroxyl groups excluding tert-OH is 1. The fraction of sp³-hybridized carbons (Fsp3) is 0.750. The minimum atomic E-state index is -1.47. The van der Waals surface area contributed by atoms with Crippen molar-refractivity contribution in [3.63, 3.8) is 0 Å². The van der Waals surface area contributed by atoms with Crippen molar-refractivity contribution in [2.24, 2.45) is 11.8 Å². The third-order valence-corrected chi connectivity index (χ3v) is 3.58. The van der Waals surface area contributed by atoms with Gasteiger partial charge in [-0.05, 0) is 13.8 Å². The maximum atomic E-state index is 11.2. The van der Waals surface area contributed by atoms with Gasteiger partial charge in [0.1, 0.15) is 17.7 Å². The van der Waals surface area contributed by atoms with Crippen LogP contribution in [0, 0.1) is 11.8 Å². The molecule has 1 fully saturated rings. The summed E-state index contributed by atoms with van der Waals surface area (Å²) in [6, 6.07) is 0. The number of carbonyl (C=O) groups is 4.